The van der Waals surface area contributed by atoms with Crippen LogP contribution >= 0.6 is 15.9 Å². The number of hydrogen-bond donors (Lipinski definition) is 1. The number of aryl methyl sites for hydroxylation is 1. The molecule has 0 aliphatic heterocycles. The van der Waals surface area contributed by atoms with Crippen LogP contribution in [0.4, 0.5) is 5.69 Å². The predicted octanol–water partition coefficient (Wildman–Crippen LogP) is 4.41. The molecule has 0 radical (unpaired) electrons. The number of para-hydroxylation sites is 1. The number of ether oxygens (including phenoxy) is 1. The van der Waals surface area contributed by atoms with E-state index < -0.39 is 0 Å². The Kier molecular flexibility index (Phi) is 5.39. The van der Waals surface area contributed by atoms with Crippen LogP contribution in [0.3, 0.4) is 0 Å². The van der Waals surface area contributed by atoms with Crippen LogP contribution in [0, 0.1) is 0 Å². The predicted molar refractivity (Wildman–Crippen MR) is 88.6 cm³/mol. The lowest BCUT2D eigenvalue weighted by Crippen LogP contribution is -2.05. The van der Waals surface area contributed by atoms with E-state index in [1.807, 2.05) is 18.2 Å². The Morgan fingerprint density at radius 1 is 1.19 bits per heavy atom. The van der Waals surface area contributed by atoms with Crippen molar-refractivity contribution in [3.05, 3.63) is 63.6 Å². The van der Waals surface area contributed by atoms with Crippen molar-refractivity contribution in [2.24, 2.45) is 0 Å². The van der Waals surface area contributed by atoms with Crippen LogP contribution in [0.2, 0.25) is 0 Å². The second-order valence-corrected chi connectivity index (χ2v) is 5.52. The van der Waals surface area contributed by atoms with Crippen LogP contribution in [-0.4, -0.2) is 13.1 Å². The summed E-state index contributed by atoms with van der Waals surface area (Å²) < 4.78 is 5.61. The number of carbonyl (C=O) groups is 1. The normalized spacial score (nSPS) is 10.2. The van der Waals surface area contributed by atoms with Gasteiger partial charge in [0.2, 0.25) is 0 Å². The number of benzene rings is 2. The van der Waals surface area contributed by atoms with E-state index in [1.165, 1.54) is 12.7 Å². The number of esters is 1. The topological polar surface area (TPSA) is 38.3 Å². The fourth-order valence-corrected chi connectivity index (χ4v) is 2.65. The van der Waals surface area contributed by atoms with Crippen molar-refractivity contribution < 1.29 is 9.53 Å². The Hall–Kier alpha value is -1.81. The first-order valence-corrected chi connectivity index (χ1v) is 7.63. The largest absolute Gasteiger partial charge is 0.465 e. The second-order valence-electron chi connectivity index (χ2n) is 4.66. The van der Waals surface area contributed by atoms with Crippen LogP contribution in [-0.2, 0) is 17.7 Å². The van der Waals surface area contributed by atoms with Crippen molar-refractivity contribution >= 4 is 27.6 Å². The molecule has 0 spiro atoms. The second kappa shape index (κ2) is 7.27. The molecular formula is C17H18BrNO2. The molecule has 4 heteroatoms. The summed E-state index contributed by atoms with van der Waals surface area (Å²) in [7, 11) is 1.38. The molecule has 0 saturated carbocycles. The summed E-state index contributed by atoms with van der Waals surface area (Å²) in [5.74, 6) is -0.327. The maximum absolute atomic E-state index is 11.5. The van der Waals surface area contributed by atoms with E-state index in [0.717, 1.165) is 22.1 Å². The zero-order valence-corrected chi connectivity index (χ0v) is 13.7. The van der Waals surface area contributed by atoms with E-state index >= 15 is 0 Å². The molecule has 2 aromatic rings. The third-order valence-corrected chi connectivity index (χ3v) is 4.08. The standard InChI is InChI=1S/C17H18BrNO2/c1-3-12-6-4-5-7-16(12)19-11-14-9-8-13(10-15(14)18)17(20)21-2/h4-10,19H,3,11H2,1-2H3. The highest BCUT2D eigenvalue weighted by atomic mass is 79.9. The van der Waals surface area contributed by atoms with Crippen LogP contribution in [0.25, 0.3) is 0 Å². The molecule has 0 fully saturated rings. The van der Waals surface area contributed by atoms with Gasteiger partial charge in [-0.25, -0.2) is 4.79 Å². The fourth-order valence-electron chi connectivity index (χ4n) is 2.13. The van der Waals surface area contributed by atoms with Gasteiger partial charge in [-0.05, 0) is 35.7 Å². The molecule has 21 heavy (non-hydrogen) atoms. The third kappa shape index (κ3) is 3.85. The fraction of sp³-hybridized carbons (Fsp3) is 0.235. The Morgan fingerprint density at radius 2 is 1.95 bits per heavy atom. The summed E-state index contributed by atoms with van der Waals surface area (Å²) in [4.78, 5) is 11.5. The van der Waals surface area contributed by atoms with Crippen molar-refractivity contribution in [1.82, 2.24) is 0 Å². The summed E-state index contributed by atoms with van der Waals surface area (Å²) in [5, 5.41) is 3.44. The van der Waals surface area contributed by atoms with Gasteiger partial charge in [-0.3, -0.25) is 0 Å². The molecule has 2 rings (SSSR count). The van der Waals surface area contributed by atoms with Gasteiger partial charge in [0.1, 0.15) is 0 Å². The highest BCUT2D eigenvalue weighted by Gasteiger charge is 2.08. The zero-order valence-electron chi connectivity index (χ0n) is 12.2. The van der Waals surface area contributed by atoms with Crippen molar-refractivity contribution in [2.45, 2.75) is 19.9 Å². The molecule has 110 valence electrons. The third-order valence-electron chi connectivity index (χ3n) is 3.34. The summed E-state index contributed by atoms with van der Waals surface area (Å²) >= 11 is 3.51. The lowest BCUT2D eigenvalue weighted by Gasteiger charge is -2.12. The SMILES string of the molecule is CCc1ccccc1NCc1ccc(C(=O)OC)cc1Br. The number of rotatable bonds is 5. The van der Waals surface area contributed by atoms with Gasteiger partial charge in [0.05, 0.1) is 12.7 Å². The number of halogens is 1. The molecule has 0 saturated heterocycles. The first-order chi connectivity index (χ1) is 10.2. The number of nitrogens with one attached hydrogen (secondary N) is 1. The summed E-state index contributed by atoms with van der Waals surface area (Å²) in [6, 6.07) is 13.8. The Morgan fingerprint density at radius 3 is 2.62 bits per heavy atom. The maximum atomic E-state index is 11.5. The van der Waals surface area contributed by atoms with Gasteiger partial charge in [0, 0.05) is 16.7 Å². The number of carbonyl (C=O) groups excluding carboxylic acids is 1. The molecule has 0 amide bonds. The first kappa shape index (κ1) is 15.6. The Bertz CT molecular complexity index is 640. The van der Waals surface area contributed by atoms with E-state index in [2.05, 4.69) is 40.3 Å². The molecule has 2 aromatic carbocycles. The molecule has 1 N–H and O–H groups in total. The van der Waals surface area contributed by atoms with Crippen LogP contribution in [0.5, 0.6) is 0 Å². The molecule has 0 aliphatic rings. The maximum Gasteiger partial charge on any atom is 0.337 e. The molecule has 0 atom stereocenters. The van der Waals surface area contributed by atoms with Crippen LogP contribution < -0.4 is 5.32 Å². The molecule has 0 bridgehead atoms. The van der Waals surface area contributed by atoms with Gasteiger partial charge in [-0.15, -0.1) is 0 Å². The van der Waals surface area contributed by atoms with E-state index in [0.29, 0.717) is 12.1 Å². The highest BCUT2D eigenvalue weighted by Crippen LogP contribution is 2.22. The minimum Gasteiger partial charge on any atom is -0.465 e. The van der Waals surface area contributed by atoms with Gasteiger partial charge < -0.3 is 10.1 Å². The smallest absolute Gasteiger partial charge is 0.337 e. The summed E-state index contributed by atoms with van der Waals surface area (Å²) in [6.45, 7) is 2.83. The number of hydrogen-bond acceptors (Lipinski definition) is 3. The molecule has 0 heterocycles. The first-order valence-electron chi connectivity index (χ1n) is 6.84. The number of methoxy groups -OCH3 is 1. The lowest BCUT2D eigenvalue weighted by atomic mass is 10.1. The minimum atomic E-state index is -0.327. The molecular weight excluding hydrogens is 330 g/mol. The van der Waals surface area contributed by atoms with Crippen molar-refractivity contribution in [3.63, 3.8) is 0 Å². The van der Waals surface area contributed by atoms with E-state index in [4.69, 9.17) is 4.74 Å². The highest BCUT2D eigenvalue weighted by molar-refractivity contribution is 9.10. The zero-order chi connectivity index (χ0) is 15.2. The van der Waals surface area contributed by atoms with Crippen molar-refractivity contribution in [1.29, 1.82) is 0 Å². The quantitative estimate of drug-likeness (QED) is 0.814. The molecule has 0 unspecified atom stereocenters. The molecule has 0 aliphatic carbocycles. The monoisotopic (exact) mass is 347 g/mol. The summed E-state index contributed by atoms with van der Waals surface area (Å²) in [5.41, 5.74) is 4.07. The Balaban J connectivity index is 2.12. The van der Waals surface area contributed by atoms with Gasteiger partial charge >= 0.3 is 5.97 Å². The van der Waals surface area contributed by atoms with E-state index in [-0.39, 0.29) is 5.97 Å². The van der Waals surface area contributed by atoms with Gasteiger partial charge in [0.15, 0.2) is 0 Å². The average molecular weight is 348 g/mol. The number of anilines is 1. The van der Waals surface area contributed by atoms with Crippen molar-refractivity contribution in [2.75, 3.05) is 12.4 Å². The molecule has 3 nitrogen and oxygen atoms in total. The van der Waals surface area contributed by atoms with Crippen LogP contribution in [0.15, 0.2) is 46.9 Å². The van der Waals surface area contributed by atoms with Gasteiger partial charge in [0.25, 0.3) is 0 Å². The van der Waals surface area contributed by atoms with E-state index in [9.17, 15) is 4.79 Å². The van der Waals surface area contributed by atoms with Crippen LogP contribution in [0.1, 0.15) is 28.4 Å². The van der Waals surface area contributed by atoms with Gasteiger partial charge in [-0.2, -0.15) is 0 Å². The Labute approximate surface area is 133 Å². The van der Waals surface area contributed by atoms with E-state index in [1.54, 1.807) is 12.1 Å². The van der Waals surface area contributed by atoms with Crippen molar-refractivity contribution in [3.8, 4) is 0 Å². The summed E-state index contributed by atoms with van der Waals surface area (Å²) in [6.07, 6.45) is 0.992. The average Bonchev–Trinajstić information content (AvgIpc) is 2.53. The molecule has 0 aromatic heterocycles. The minimum absolute atomic E-state index is 0.327. The lowest BCUT2D eigenvalue weighted by molar-refractivity contribution is 0.0600. The van der Waals surface area contributed by atoms with Gasteiger partial charge in [-0.1, -0.05) is 47.1 Å².